The highest BCUT2D eigenvalue weighted by Crippen LogP contribution is 2.34. The third-order valence-electron chi connectivity index (χ3n) is 2.52. The summed E-state index contributed by atoms with van der Waals surface area (Å²) in [6.07, 6.45) is 1.24. The molecular weight excluding hydrogens is 321 g/mol. The number of hydrogen-bond acceptors (Lipinski definition) is 3. The Labute approximate surface area is 131 Å². The van der Waals surface area contributed by atoms with E-state index >= 15 is 0 Å². The van der Waals surface area contributed by atoms with Crippen molar-refractivity contribution in [2.45, 2.75) is 6.61 Å². The number of nitrogens with zero attached hydrogens (tertiary/aromatic N) is 1. The Morgan fingerprint density at radius 1 is 1.05 bits per heavy atom. The lowest BCUT2D eigenvalue weighted by atomic mass is 10.2. The summed E-state index contributed by atoms with van der Waals surface area (Å²) in [6.45, 7) is 0.323. The first kappa shape index (κ1) is 15.0. The van der Waals surface area contributed by atoms with Gasteiger partial charge in [0, 0.05) is 5.02 Å². The van der Waals surface area contributed by atoms with Crippen LogP contribution in [0.25, 0.3) is 0 Å². The van der Waals surface area contributed by atoms with Crippen LogP contribution >= 0.6 is 34.8 Å². The summed E-state index contributed by atoms with van der Waals surface area (Å²) in [5, 5.41) is 12.8. The minimum atomic E-state index is 0.323. The van der Waals surface area contributed by atoms with Crippen LogP contribution in [0, 0.1) is 0 Å². The van der Waals surface area contributed by atoms with Crippen LogP contribution < -0.4 is 4.74 Å². The molecule has 104 valence electrons. The molecule has 20 heavy (non-hydrogen) atoms. The summed E-state index contributed by atoms with van der Waals surface area (Å²) in [7, 11) is 0. The molecule has 0 bridgehead atoms. The van der Waals surface area contributed by atoms with Gasteiger partial charge in [0.2, 0.25) is 0 Å². The molecule has 2 aromatic rings. The van der Waals surface area contributed by atoms with Crippen molar-refractivity contribution in [2.75, 3.05) is 0 Å². The van der Waals surface area contributed by atoms with Gasteiger partial charge in [0.25, 0.3) is 0 Å². The van der Waals surface area contributed by atoms with Gasteiger partial charge in [-0.1, -0.05) is 52.1 Å². The number of hydrogen-bond donors (Lipinski definition) is 1. The van der Waals surface area contributed by atoms with E-state index in [1.54, 1.807) is 24.3 Å². The van der Waals surface area contributed by atoms with E-state index in [1.807, 2.05) is 12.1 Å². The van der Waals surface area contributed by atoms with Gasteiger partial charge in [-0.3, -0.25) is 0 Å². The fourth-order valence-corrected chi connectivity index (χ4v) is 2.33. The topological polar surface area (TPSA) is 41.8 Å². The maximum absolute atomic E-state index is 8.49. The maximum Gasteiger partial charge on any atom is 0.157 e. The van der Waals surface area contributed by atoms with Crippen LogP contribution in [-0.4, -0.2) is 11.4 Å². The smallest absolute Gasteiger partial charge is 0.157 e. The minimum Gasteiger partial charge on any atom is -0.486 e. The molecular formula is C14H10Cl3NO2. The van der Waals surface area contributed by atoms with Crippen LogP contribution in [0.5, 0.6) is 5.75 Å². The van der Waals surface area contributed by atoms with E-state index in [-0.39, 0.29) is 0 Å². The molecule has 0 aliphatic carbocycles. The number of benzene rings is 2. The van der Waals surface area contributed by atoms with Gasteiger partial charge >= 0.3 is 0 Å². The van der Waals surface area contributed by atoms with Crippen molar-refractivity contribution in [3.05, 3.63) is 62.6 Å². The summed E-state index contributed by atoms with van der Waals surface area (Å²) in [4.78, 5) is 0. The van der Waals surface area contributed by atoms with Crippen molar-refractivity contribution in [1.82, 2.24) is 0 Å². The number of ether oxygens (including phenoxy) is 1. The fraction of sp³-hybridized carbons (Fsp3) is 0.0714. The third kappa shape index (κ3) is 3.79. The Hall–Kier alpha value is -1.42. The van der Waals surface area contributed by atoms with Gasteiger partial charge in [-0.2, -0.15) is 0 Å². The molecule has 1 N–H and O–H groups in total. The number of rotatable bonds is 4. The SMILES string of the molecule is O/N=C/c1cc(Cl)c(OCc2ccc(Cl)cc2)c(Cl)c1. The second-order valence-corrected chi connectivity index (χ2v) is 5.22. The minimum absolute atomic E-state index is 0.323. The molecule has 0 saturated carbocycles. The molecule has 0 atom stereocenters. The zero-order valence-corrected chi connectivity index (χ0v) is 12.5. The summed E-state index contributed by atoms with van der Waals surface area (Å²) in [5.41, 5.74) is 1.53. The molecule has 3 nitrogen and oxygen atoms in total. The first-order valence-corrected chi connectivity index (χ1v) is 6.77. The van der Waals surface area contributed by atoms with E-state index in [0.29, 0.717) is 33.0 Å². The van der Waals surface area contributed by atoms with Gasteiger partial charge in [-0.15, -0.1) is 0 Å². The Morgan fingerprint density at radius 2 is 1.65 bits per heavy atom. The highest BCUT2D eigenvalue weighted by Gasteiger charge is 2.09. The monoisotopic (exact) mass is 329 g/mol. The number of oxime groups is 1. The van der Waals surface area contributed by atoms with E-state index in [1.165, 1.54) is 6.21 Å². The Kier molecular flexibility index (Phi) is 5.12. The second kappa shape index (κ2) is 6.84. The Bertz CT molecular complexity index is 604. The standard InChI is InChI=1S/C14H10Cl3NO2/c15-11-3-1-9(2-4-11)8-20-14-12(16)5-10(7-18-19)6-13(14)17/h1-7,19H,8H2/b18-7+. The highest BCUT2D eigenvalue weighted by molar-refractivity contribution is 6.37. The zero-order valence-electron chi connectivity index (χ0n) is 10.2. The lowest BCUT2D eigenvalue weighted by Gasteiger charge is -2.10. The average molecular weight is 331 g/mol. The molecule has 6 heteroatoms. The van der Waals surface area contributed by atoms with Gasteiger partial charge in [0.1, 0.15) is 6.61 Å². The largest absolute Gasteiger partial charge is 0.486 e. The average Bonchev–Trinajstić information content (AvgIpc) is 2.40. The van der Waals surface area contributed by atoms with E-state index in [0.717, 1.165) is 5.56 Å². The van der Waals surface area contributed by atoms with Crippen molar-refractivity contribution < 1.29 is 9.94 Å². The molecule has 2 aromatic carbocycles. The molecule has 0 heterocycles. The molecule has 0 aromatic heterocycles. The van der Waals surface area contributed by atoms with Crippen molar-refractivity contribution in [3.63, 3.8) is 0 Å². The lowest BCUT2D eigenvalue weighted by molar-refractivity contribution is 0.306. The van der Waals surface area contributed by atoms with Gasteiger partial charge in [0.05, 0.1) is 16.3 Å². The molecule has 0 spiro atoms. The van der Waals surface area contributed by atoms with Crippen molar-refractivity contribution in [2.24, 2.45) is 5.16 Å². The van der Waals surface area contributed by atoms with Crippen LogP contribution in [0.3, 0.4) is 0 Å². The maximum atomic E-state index is 8.49. The Balaban J connectivity index is 2.15. The summed E-state index contributed by atoms with van der Waals surface area (Å²) in [6, 6.07) is 10.5. The predicted octanol–water partition coefficient (Wildman–Crippen LogP) is 5.03. The van der Waals surface area contributed by atoms with Gasteiger partial charge in [-0.05, 0) is 35.4 Å². The summed E-state index contributed by atoms with van der Waals surface area (Å²) in [5.74, 6) is 0.387. The van der Waals surface area contributed by atoms with E-state index in [2.05, 4.69) is 5.16 Å². The molecule has 0 unspecified atom stereocenters. The van der Waals surface area contributed by atoms with Crippen LogP contribution in [0.4, 0.5) is 0 Å². The van der Waals surface area contributed by atoms with Crippen LogP contribution in [0.15, 0.2) is 41.6 Å². The predicted molar refractivity (Wildman–Crippen MR) is 81.6 cm³/mol. The second-order valence-electron chi connectivity index (χ2n) is 3.97. The van der Waals surface area contributed by atoms with Gasteiger partial charge in [0.15, 0.2) is 5.75 Å². The highest BCUT2D eigenvalue weighted by atomic mass is 35.5. The summed E-state index contributed by atoms with van der Waals surface area (Å²) >= 11 is 18.0. The first-order chi connectivity index (χ1) is 9.60. The van der Waals surface area contributed by atoms with Crippen molar-refractivity contribution in [3.8, 4) is 5.75 Å². The van der Waals surface area contributed by atoms with E-state index < -0.39 is 0 Å². The van der Waals surface area contributed by atoms with Crippen LogP contribution in [0.2, 0.25) is 15.1 Å². The Morgan fingerprint density at radius 3 is 2.20 bits per heavy atom. The molecule has 0 aliphatic rings. The van der Waals surface area contributed by atoms with Gasteiger partial charge < -0.3 is 9.94 Å². The molecule has 0 amide bonds. The normalized spacial score (nSPS) is 10.9. The molecule has 0 aliphatic heterocycles. The van der Waals surface area contributed by atoms with E-state index in [9.17, 15) is 0 Å². The molecule has 2 rings (SSSR count). The van der Waals surface area contributed by atoms with Crippen molar-refractivity contribution in [1.29, 1.82) is 0 Å². The first-order valence-electron chi connectivity index (χ1n) is 5.64. The quantitative estimate of drug-likeness (QED) is 0.485. The molecule has 0 saturated heterocycles. The van der Waals surface area contributed by atoms with E-state index in [4.69, 9.17) is 44.7 Å². The van der Waals surface area contributed by atoms with Crippen molar-refractivity contribution >= 4 is 41.0 Å². The van der Waals surface area contributed by atoms with Crippen LogP contribution in [0.1, 0.15) is 11.1 Å². The third-order valence-corrected chi connectivity index (χ3v) is 3.34. The number of halogens is 3. The lowest BCUT2D eigenvalue weighted by Crippen LogP contribution is -1.97. The van der Waals surface area contributed by atoms with Crippen LogP contribution in [-0.2, 0) is 6.61 Å². The molecule has 0 radical (unpaired) electrons. The summed E-state index contributed by atoms with van der Waals surface area (Å²) < 4.78 is 5.61. The zero-order chi connectivity index (χ0) is 14.5. The fourth-order valence-electron chi connectivity index (χ4n) is 1.59. The van der Waals surface area contributed by atoms with Gasteiger partial charge in [-0.25, -0.2) is 0 Å². The molecule has 0 fully saturated rings.